The summed E-state index contributed by atoms with van der Waals surface area (Å²) in [7, 11) is 1.75. The fourth-order valence-corrected chi connectivity index (χ4v) is 3.56. The zero-order chi connectivity index (χ0) is 15.9. The minimum absolute atomic E-state index is 0.150. The van der Waals surface area contributed by atoms with Crippen LogP contribution in [0.1, 0.15) is 46.0 Å². The Balaban J connectivity index is 1.70. The third-order valence-corrected chi connectivity index (χ3v) is 5.12. The molecule has 2 rings (SSSR count). The SMILES string of the molecule is COCCCN1CCC(NC(=O)N2C[C@@H](C)CC[C@@H]2C)CC1. The number of hydrogen-bond donors (Lipinski definition) is 1. The Labute approximate surface area is 135 Å². The lowest BCUT2D eigenvalue weighted by molar-refractivity contribution is 0.124. The zero-order valence-electron chi connectivity index (χ0n) is 14.5. The van der Waals surface area contributed by atoms with Crippen molar-refractivity contribution in [1.82, 2.24) is 15.1 Å². The number of carbonyl (C=O) groups excluding carboxylic acids is 1. The molecule has 2 heterocycles. The summed E-state index contributed by atoms with van der Waals surface area (Å²) in [4.78, 5) is 17.0. The molecule has 2 atom stereocenters. The molecule has 0 spiro atoms. The Morgan fingerprint density at radius 2 is 1.91 bits per heavy atom. The normalized spacial score (nSPS) is 27.9. The highest BCUT2D eigenvalue weighted by Gasteiger charge is 2.29. The first-order valence-corrected chi connectivity index (χ1v) is 8.88. The van der Waals surface area contributed by atoms with Crippen molar-refractivity contribution < 1.29 is 9.53 Å². The van der Waals surface area contributed by atoms with E-state index in [0.29, 0.717) is 18.0 Å². The number of piperidine rings is 2. The van der Waals surface area contributed by atoms with E-state index in [0.717, 1.165) is 58.5 Å². The maximum atomic E-state index is 12.5. The van der Waals surface area contributed by atoms with Crippen molar-refractivity contribution in [3.63, 3.8) is 0 Å². The van der Waals surface area contributed by atoms with Crippen molar-refractivity contribution in [2.75, 3.05) is 39.9 Å². The summed E-state index contributed by atoms with van der Waals surface area (Å²) < 4.78 is 5.10. The molecule has 0 aromatic carbocycles. The first-order valence-electron chi connectivity index (χ1n) is 8.88. The third-order valence-electron chi connectivity index (χ3n) is 5.12. The third kappa shape index (κ3) is 5.13. The summed E-state index contributed by atoms with van der Waals surface area (Å²) in [6.45, 7) is 9.43. The predicted molar refractivity (Wildman–Crippen MR) is 89.1 cm³/mol. The summed E-state index contributed by atoms with van der Waals surface area (Å²) in [5, 5.41) is 3.26. The number of rotatable bonds is 5. The average Bonchev–Trinajstić information content (AvgIpc) is 2.51. The molecular formula is C17H33N3O2. The van der Waals surface area contributed by atoms with Crippen molar-refractivity contribution in [3.8, 4) is 0 Å². The monoisotopic (exact) mass is 311 g/mol. The summed E-state index contributed by atoms with van der Waals surface area (Å²) in [6.07, 6.45) is 5.60. The molecule has 2 aliphatic heterocycles. The van der Waals surface area contributed by atoms with E-state index in [-0.39, 0.29) is 6.03 Å². The number of hydrogen-bond acceptors (Lipinski definition) is 3. The van der Waals surface area contributed by atoms with Gasteiger partial charge in [0.1, 0.15) is 0 Å². The molecule has 2 amide bonds. The fourth-order valence-electron chi connectivity index (χ4n) is 3.56. The molecule has 5 heteroatoms. The molecule has 5 nitrogen and oxygen atoms in total. The second-order valence-corrected chi connectivity index (χ2v) is 7.10. The number of nitrogens with one attached hydrogen (secondary N) is 1. The molecule has 2 aliphatic rings. The number of carbonyl (C=O) groups is 1. The fraction of sp³-hybridized carbons (Fsp3) is 0.941. The van der Waals surface area contributed by atoms with E-state index in [9.17, 15) is 4.79 Å². The van der Waals surface area contributed by atoms with Gasteiger partial charge < -0.3 is 19.9 Å². The highest BCUT2D eigenvalue weighted by atomic mass is 16.5. The van der Waals surface area contributed by atoms with Gasteiger partial charge in [-0.3, -0.25) is 0 Å². The lowest BCUT2D eigenvalue weighted by Crippen LogP contribution is -2.53. The summed E-state index contributed by atoms with van der Waals surface area (Å²) in [5.41, 5.74) is 0. The van der Waals surface area contributed by atoms with Gasteiger partial charge in [0, 0.05) is 52.0 Å². The molecule has 0 unspecified atom stereocenters. The molecule has 128 valence electrons. The largest absolute Gasteiger partial charge is 0.385 e. The summed E-state index contributed by atoms with van der Waals surface area (Å²) in [5.74, 6) is 0.629. The number of likely N-dealkylation sites (tertiary alicyclic amines) is 2. The molecule has 22 heavy (non-hydrogen) atoms. The van der Waals surface area contributed by atoms with Crippen LogP contribution in [0.15, 0.2) is 0 Å². The van der Waals surface area contributed by atoms with Crippen LogP contribution in [0.2, 0.25) is 0 Å². The average molecular weight is 311 g/mol. The van der Waals surface area contributed by atoms with Gasteiger partial charge in [0.25, 0.3) is 0 Å². The van der Waals surface area contributed by atoms with E-state index in [1.165, 1.54) is 6.42 Å². The van der Waals surface area contributed by atoms with Crippen molar-refractivity contribution in [1.29, 1.82) is 0 Å². The van der Waals surface area contributed by atoms with Gasteiger partial charge in [-0.1, -0.05) is 6.92 Å². The quantitative estimate of drug-likeness (QED) is 0.793. The van der Waals surface area contributed by atoms with E-state index < -0.39 is 0 Å². The molecule has 0 radical (unpaired) electrons. The Morgan fingerprint density at radius 1 is 1.18 bits per heavy atom. The van der Waals surface area contributed by atoms with Crippen LogP contribution in [0.4, 0.5) is 4.79 Å². The van der Waals surface area contributed by atoms with Crippen molar-refractivity contribution in [2.45, 2.75) is 58.0 Å². The lowest BCUT2D eigenvalue weighted by atomic mass is 9.95. The van der Waals surface area contributed by atoms with E-state index in [1.54, 1.807) is 7.11 Å². The lowest BCUT2D eigenvalue weighted by Gasteiger charge is -2.39. The zero-order valence-corrected chi connectivity index (χ0v) is 14.5. The van der Waals surface area contributed by atoms with Gasteiger partial charge in [0.15, 0.2) is 0 Å². The number of nitrogens with zero attached hydrogens (tertiary/aromatic N) is 2. The van der Waals surface area contributed by atoms with Gasteiger partial charge in [-0.2, -0.15) is 0 Å². The number of urea groups is 1. The highest BCUT2D eigenvalue weighted by molar-refractivity contribution is 5.75. The van der Waals surface area contributed by atoms with Gasteiger partial charge in [-0.25, -0.2) is 4.79 Å². The molecule has 2 fully saturated rings. The standard InChI is InChI=1S/C17H33N3O2/c1-14-5-6-15(2)20(13-14)17(21)18-16-7-10-19(11-8-16)9-4-12-22-3/h14-16H,4-13H2,1-3H3,(H,18,21)/t14-,15-/m0/s1. The van der Waals surface area contributed by atoms with Crippen LogP contribution in [0, 0.1) is 5.92 Å². The highest BCUT2D eigenvalue weighted by Crippen LogP contribution is 2.21. The smallest absolute Gasteiger partial charge is 0.317 e. The minimum atomic E-state index is 0.150. The van der Waals surface area contributed by atoms with E-state index in [4.69, 9.17) is 4.74 Å². The van der Waals surface area contributed by atoms with E-state index in [2.05, 4.69) is 24.1 Å². The Hall–Kier alpha value is -0.810. The van der Waals surface area contributed by atoms with E-state index in [1.807, 2.05) is 4.90 Å². The Bertz CT molecular complexity index is 343. The topological polar surface area (TPSA) is 44.8 Å². The molecule has 0 bridgehead atoms. The van der Waals surface area contributed by atoms with Crippen molar-refractivity contribution >= 4 is 6.03 Å². The van der Waals surface area contributed by atoms with Gasteiger partial charge in [-0.05, 0) is 44.9 Å². The summed E-state index contributed by atoms with van der Waals surface area (Å²) in [6, 6.07) is 0.873. The molecule has 0 aromatic heterocycles. The summed E-state index contributed by atoms with van der Waals surface area (Å²) >= 11 is 0. The predicted octanol–water partition coefficient (Wildman–Crippen LogP) is 2.32. The second kappa shape index (κ2) is 8.73. The second-order valence-electron chi connectivity index (χ2n) is 7.10. The first kappa shape index (κ1) is 17.5. The van der Waals surface area contributed by atoms with Crippen LogP contribution >= 0.6 is 0 Å². The van der Waals surface area contributed by atoms with Crippen LogP contribution in [-0.2, 0) is 4.74 Å². The molecule has 0 aliphatic carbocycles. The van der Waals surface area contributed by atoms with Crippen molar-refractivity contribution in [3.05, 3.63) is 0 Å². The van der Waals surface area contributed by atoms with Gasteiger partial charge in [-0.15, -0.1) is 0 Å². The van der Waals surface area contributed by atoms with Crippen LogP contribution in [0.25, 0.3) is 0 Å². The van der Waals surface area contributed by atoms with E-state index >= 15 is 0 Å². The van der Waals surface area contributed by atoms with Gasteiger partial charge in [0.05, 0.1) is 0 Å². The van der Waals surface area contributed by atoms with Gasteiger partial charge >= 0.3 is 6.03 Å². The van der Waals surface area contributed by atoms with Crippen LogP contribution < -0.4 is 5.32 Å². The molecule has 0 aromatic rings. The number of methoxy groups -OCH3 is 1. The maximum absolute atomic E-state index is 12.5. The number of ether oxygens (including phenoxy) is 1. The van der Waals surface area contributed by atoms with Crippen LogP contribution in [0.3, 0.4) is 0 Å². The Kier molecular flexibility index (Phi) is 6.96. The molecule has 0 saturated carbocycles. The first-order chi connectivity index (χ1) is 10.6. The van der Waals surface area contributed by atoms with Crippen LogP contribution in [0.5, 0.6) is 0 Å². The molecular weight excluding hydrogens is 278 g/mol. The molecule has 2 saturated heterocycles. The maximum Gasteiger partial charge on any atom is 0.317 e. The van der Waals surface area contributed by atoms with Crippen molar-refractivity contribution in [2.24, 2.45) is 5.92 Å². The number of amides is 2. The Morgan fingerprint density at radius 3 is 2.59 bits per heavy atom. The van der Waals surface area contributed by atoms with Gasteiger partial charge in [0.2, 0.25) is 0 Å². The molecule has 1 N–H and O–H groups in total. The van der Waals surface area contributed by atoms with Crippen LogP contribution in [-0.4, -0.2) is 67.8 Å². The minimum Gasteiger partial charge on any atom is -0.385 e.